The number of halogens is 3. The molecule has 1 heterocycles. The summed E-state index contributed by atoms with van der Waals surface area (Å²) in [4.78, 5) is 15.9. The smallest absolute Gasteiger partial charge is 0.451 e. The average molecular weight is 451 g/mol. The molecule has 0 atom stereocenters. The van der Waals surface area contributed by atoms with Crippen molar-refractivity contribution in [2.75, 3.05) is 6.61 Å². The number of esters is 1. The molecular weight excluding hydrogens is 431 g/mol. The Morgan fingerprint density at radius 3 is 1.61 bits per heavy atom. The third-order valence-corrected chi connectivity index (χ3v) is 5.21. The topological polar surface area (TPSA) is 57.0 Å². The lowest BCUT2D eigenvalue weighted by Gasteiger charge is -2.37. The Kier molecular flexibility index (Phi) is 6.00. The van der Waals surface area contributed by atoms with Crippen molar-refractivity contribution in [3.63, 3.8) is 0 Å². The van der Waals surface area contributed by atoms with E-state index in [9.17, 15) is 18.0 Å². The van der Waals surface area contributed by atoms with Gasteiger partial charge in [0.15, 0.2) is 0 Å². The molecule has 0 radical (unpaired) electrons. The quantitative estimate of drug-likeness (QED) is 0.294. The Hall–Kier alpha value is -3.94. The first-order valence-corrected chi connectivity index (χ1v) is 10.3. The van der Waals surface area contributed by atoms with Crippen LogP contribution in [0.15, 0.2) is 91.0 Å². The summed E-state index contributed by atoms with van der Waals surface area (Å²) in [7, 11) is 0. The fourth-order valence-electron chi connectivity index (χ4n) is 3.92. The largest absolute Gasteiger partial charge is 0.460 e. The van der Waals surface area contributed by atoms with Gasteiger partial charge in [-0.2, -0.15) is 18.2 Å². The molecule has 0 fully saturated rings. The minimum absolute atomic E-state index is 0.0179. The minimum atomic E-state index is -4.89. The Balaban J connectivity index is 2.16. The monoisotopic (exact) mass is 451 g/mol. The standard InChI is InChI=1S/C25H20F3N3O2/c1-2-33-22(32)21-29-23(25(26,27)28)31(30-21)24(18-12-6-3-7-13-18,19-14-8-4-9-15-19)20-16-10-5-11-17-20/h3-17H,2H2,1H3. The van der Waals surface area contributed by atoms with Crippen LogP contribution >= 0.6 is 0 Å². The van der Waals surface area contributed by atoms with E-state index in [0.29, 0.717) is 16.7 Å². The van der Waals surface area contributed by atoms with Gasteiger partial charge in [0.05, 0.1) is 6.61 Å². The van der Waals surface area contributed by atoms with E-state index < -0.39 is 29.3 Å². The van der Waals surface area contributed by atoms with Crippen LogP contribution in [0.3, 0.4) is 0 Å². The van der Waals surface area contributed by atoms with Gasteiger partial charge in [0.2, 0.25) is 5.82 Å². The van der Waals surface area contributed by atoms with Crippen molar-refractivity contribution in [1.29, 1.82) is 0 Å². The molecule has 0 aliphatic carbocycles. The average Bonchev–Trinajstić information content (AvgIpc) is 3.29. The summed E-state index contributed by atoms with van der Waals surface area (Å²) in [6, 6.07) is 26.2. The van der Waals surface area contributed by atoms with Gasteiger partial charge in [-0.3, -0.25) is 0 Å². The van der Waals surface area contributed by atoms with E-state index in [-0.39, 0.29) is 6.61 Å². The van der Waals surface area contributed by atoms with Crippen molar-refractivity contribution in [1.82, 2.24) is 14.8 Å². The predicted molar refractivity (Wildman–Crippen MR) is 116 cm³/mol. The van der Waals surface area contributed by atoms with Crippen LogP contribution in [0, 0.1) is 0 Å². The highest BCUT2D eigenvalue weighted by Crippen LogP contribution is 2.43. The summed E-state index contributed by atoms with van der Waals surface area (Å²) in [5.41, 5.74) is 0.00135. The first kappa shape index (κ1) is 22.3. The molecule has 0 unspecified atom stereocenters. The molecule has 0 spiro atoms. The lowest BCUT2D eigenvalue weighted by molar-refractivity contribution is -0.148. The molecule has 33 heavy (non-hydrogen) atoms. The van der Waals surface area contributed by atoms with Gasteiger partial charge in [0, 0.05) is 0 Å². The number of aromatic nitrogens is 3. The van der Waals surface area contributed by atoms with E-state index in [1.807, 2.05) is 0 Å². The highest BCUT2D eigenvalue weighted by Gasteiger charge is 2.48. The Bertz CT molecular complexity index is 1130. The van der Waals surface area contributed by atoms with Gasteiger partial charge in [-0.1, -0.05) is 91.0 Å². The Labute approximate surface area is 188 Å². The van der Waals surface area contributed by atoms with Crippen LogP contribution in [0.5, 0.6) is 0 Å². The lowest BCUT2D eigenvalue weighted by atomic mass is 9.77. The summed E-state index contributed by atoms with van der Waals surface area (Å²) in [6.45, 7) is 1.54. The summed E-state index contributed by atoms with van der Waals surface area (Å²) in [5.74, 6) is -2.98. The summed E-state index contributed by atoms with van der Waals surface area (Å²) in [5, 5.41) is 4.11. The number of carbonyl (C=O) groups excluding carboxylic acids is 1. The van der Waals surface area contributed by atoms with Crippen molar-refractivity contribution in [2.24, 2.45) is 0 Å². The van der Waals surface area contributed by atoms with Crippen LogP contribution in [0.2, 0.25) is 0 Å². The summed E-state index contributed by atoms with van der Waals surface area (Å²) >= 11 is 0. The first-order valence-electron chi connectivity index (χ1n) is 10.3. The van der Waals surface area contributed by atoms with Gasteiger partial charge < -0.3 is 4.74 Å². The first-order chi connectivity index (χ1) is 15.9. The molecule has 0 bridgehead atoms. The number of benzene rings is 3. The molecule has 8 heteroatoms. The van der Waals surface area contributed by atoms with E-state index in [2.05, 4.69) is 10.1 Å². The second-order valence-corrected chi connectivity index (χ2v) is 7.20. The lowest BCUT2D eigenvalue weighted by Crippen LogP contribution is -2.41. The molecule has 0 amide bonds. The summed E-state index contributed by atoms with van der Waals surface area (Å²) in [6.07, 6.45) is -4.89. The van der Waals surface area contributed by atoms with Gasteiger partial charge in [-0.25, -0.2) is 9.48 Å². The molecule has 4 rings (SSSR count). The number of hydrogen-bond acceptors (Lipinski definition) is 4. The number of carbonyl (C=O) groups is 1. The molecule has 0 aliphatic rings. The fraction of sp³-hybridized carbons (Fsp3) is 0.160. The van der Waals surface area contributed by atoms with E-state index in [1.165, 1.54) is 0 Å². The SMILES string of the molecule is CCOC(=O)c1nc(C(F)(F)F)n(C(c2ccccc2)(c2ccccc2)c2ccccc2)n1. The molecule has 0 saturated heterocycles. The number of alkyl halides is 3. The highest BCUT2D eigenvalue weighted by atomic mass is 19.4. The van der Waals surface area contributed by atoms with E-state index in [1.54, 1.807) is 97.9 Å². The van der Waals surface area contributed by atoms with Crippen LogP contribution in [0.25, 0.3) is 0 Å². The fourth-order valence-corrected chi connectivity index (χ4v) is 3.92. The molecule has 168 valence electrons. The number of rotatable bonds is 6. The van der Waals surface area contributed by atoms with Gasteiger partial charge in [-0.15, -0.1) is 5.10 Å². The number of nitrogens with zero attached hydrogens (tertiary/aromatic N) is 3. The van der Waals surface area contributed by atoms with Crippen LogP contribution in [-0.2, 0) is 16.5 Å². The molecule has 3 aromatic carbocycles. The normalized spacial score (nSPS) is 11.9. The second-order valence-electron chi connectivity index (χ2n) is 7.20. The van der Waals surface area contributed by atoms with E-state index in [4.69, 9.17) is 4.74 Å². The zero-order valence-corrected chi connectivity index (χ0v) is 17.7. The van der Waals surface area contributed by atoms with Crippen molar-refractivity contribution in [3.8, 4) is 0 Å². The Morgan fingerprint density at radius 2 is 1.24 bits per heavy atom. The van der Waals surface area contributed by atoms with E-state index in [0.717, 1.165) is 4.68 Å². The Morgan fingerprint density at radius 1 is 0.818 bits per heavy atom. The van der Waals surface area contributed by atoms with Crippen molar-refractivity contribution < 1.29 is 22.7 Å². The maximum absolute atomic E-state index is 14.3. The maximum atomic E-state index is 14.3. The van der Waals surface area contributed by atoms with E-state index >= 15 is 0 Å². The van der Waals surface area contributed by atoms with Gasteiger partial charge in [0.1, 0.15) is 5.54 Å². The molecule has 0 N–H and O–H groups in total. The molecule has 0 saturated carbocycles. The molecule has 4 aromatic rings. The maximum Gasteiger partial charge on any atom is 0.451 e. The summed E-state index contributed by atoms with van der Waals surface area (Å²) < 4.78 is 48.6. The van der Waals surface area contributed by atoms with Gasteiger partial charge in [-0.05, 0) is 23.6 Å². The van der Waals surface area contributed by atoms with Crippen molar-refractivity contribution in [3.05, 3.63) is 119 Å². The molecule has 5 nitrogen and oxygen atoms in total. The third-order valence-electron chi connectivity index (χ3n) is 5.21. The molecule has 0 aliphatic heterocycles. The zero-order valence-electron chi connectivity index (χ0n) is 17.7. The predicted octanol–water partition coefficient (Wildman–Crippen LogP) is 5.31. The number of ether oxygens (including phenoxy) is 1. The van der Waals surface area contributed by atoms with Crippen LogP contribution < -0.4 is 0 Å². The molecular formula is C25H20F3N3O2. The van der Waals surface area contributed by atoms with Gasteiger partial charge >= 0.3 is 12.1 Å². The second kappa shape index (κ2) is 8.90. The van der Waals surface area contributed by atoms with Crippen LogP contribution in [0.4, 0.5) is 13.2 Å². The van der Waals surface area contributed by atoms with Gasteiger partial charge in [0.25, 0.3) is 5.82 Å². The number of hydrogen-bond donors (Lipinski definition) is 0. The van der Waals surface area contributed by atoms with Crippen LogP contribution in [0.1, 0.15) is 40.1 Å². The molecule has 1 aromatic heterocycles. The third kappa shape index (κ3) is 4.00. The minimum Gasteiger partial charge on any atom is -0.460 e. The highest BCUT2D eigenvalue weighted by molar-refractivity contribution is 5.85. The van der Waals surface area contributed by atoms with Crippen molar-refractivity contribution >= 4 is 5.97 Å². The van der Waals surface area contributed by atoms with Crippen molar-refractivity contribution in [2.45, 2.75) is 18.6 Å². The van der Waals surface area contributed by atoms with Crippen LogP contribution in [-0.4, -0.2) is 27.3 Å². The zero-order chi connectivity index (χ0) is 23.5.